The van der Waals surface area contributed by atoms with Crippen LogP contribution in [-0.2, 0) is 4.74 Å². The maximum absolute atomic E-state index is 13.4. The van der Waals surface area contributed by atoms with E-state index >= 15 is 0 Å². The number of nitrogens with zero attached hydrogens (tertiary/aromatic N) is 1. The van der Waals surface area contributed by atoms with Crippen molar-refractivity contribution in [3.63, 3.8) is 0 Å². The molecule has 1 saturated heterocycles. The summed E-state index contributed by atoms with van der Waals surface area (Å²) in [5.74, 6) is -0.215. The number of benzene rings is 1. The second kappa shape index (κ2) is 8.94. The van der Waals surface area contributed by atoms with Gasteiger partial charge in [-0.2, -0.15) is 0 Å². The van der Waals surface area contributed by atoms with E-state index in [4.69, 9.17) is 10.5 Å². The Bertz CT molecular complexity index is 729. The standard InChI is InChI=1S/C18H23FN2O2S.ClH/c1-12-15-11-13(19)3-4-16(15)24-17(12)18(22)21-8-5-14(6-9-21)23-10-2-7-20;/h3-4,11,14H,2,5-10,20H2,1H3;1H. The molecule has 1 amide bonds. The average Bonchev–Trinajstić information content (AvgIpc) is 2.92. The summed E-state index contributed by atoms with van der Waals surface area (Å²) in [5, 5.41) is 0.836. The smallest absolute Gasteiger partial charge is 0.264 e. The van der Waals surface area contributed by atoms with Crippen LogP contribution in [0.4, 0.5) is 4.39 Å². The van der Waals surface area contributed by atoms with E-state index in [0.717, 1.165) is 39.8 Å². The van der Waals surface area contributed by atoms with Gasteiger partial charge in [0.15, 0.2) is 0 Å². The van der Waals surface area contributed by atoms with Gasteiger partial charge in [0, 0.05) is 24.4 Å². The second-order valence-electron chi connectivity index (χ2n) is 6.20. The van der Waals surface area contributed by atoms with E-state index in [0.29, 0.717) is 26.2 Å². The van der Waals surface area contributed by atoms with E-state index in [1.807, 2.05) is 11.8 Å². The lowest BCUT2D eigenvalue weighted by molar-refractivity contribution is 0.00856. The Hall–Kier alpha value is -1.21. The number of likely N-dealkylation sites (tertiary alicyclic amines) is 1. The molecule has 4 nitrogen and oxygen atoms in total. The van der Waals surface area contributed by atoms with Crippen LogP contribution in [0.15, 0.2) is 18.2 Å². The maximum atomic E-state index is 13.4. The van der Waals surface area contributed by atoms with Crippen LogP contribution in [-0.4, -0.2) is 43.2 Å². The largest absolute Gasteiger partial charge is 0.378 e. The van der Waals surface area contributed by atoms with Gasteiger partial charge in [-0.25, -0.2) is 4.39 Å². The third kappa shape index (κ3) is 4.50. The first-order chi connectivity index (χ1) is 11.6. The molecule has 0 radical (unpaired) electrons. The number of carbonyl (C=O) groups excluding carboxylic acids is 1. The summed E-state index contributed by atoms with van der Waals surface area (Å²) in [7, 11) is 0. The second-order valence-corrected chi connectivity index (χ2v) is 7.25. The van der Waals surface area contributed by atoms with E-state index in [1.54, 1.807) is 6.07 Å². The van der Waals surface area contributed by atoms with Crippen LogP contribution in [0.1, 0.15) is 34.5 Å². The van der Waals surface area contributed by atoms with Crippen molar-refractivity contribution >= 4 is 39.7 Å². The lowest BCUT2D eigenvalue weighted by Crippen LogP contribution is -2.41. The van der Waals surface area contributed by atoms with Crippen molar-refractivity contribution in [1.82, 2.24) is 4.90 Å². The zero-order valence-corrected chi connectivity index (χ0v) is 15.9. The Morgan fingerprint density at radius 3 is 2.80 bits per heavy atom. The first-order valence-electron chi connectivity index (χ1n) is 8.39. The van der Waals surface area contributed by atoms with Gasteiger partial charge < -0.3 is 15.4 Å². The van der Waals surface area contributed by atoms with Gasteiger partial charge in [-0.3, -0.25) is 4.79 Å². The summed E-state index contributed by atoms with van der Waals surface area (Å²) in [6, 6.07) is 4.70. The van der Waals surface area contributed by atoms with Crippen molar-refractivity contribution in [2.75, 3.05) is 26.2 Å². The molecule has 0 unspecified atom stereocenters. The maximum Gasteiger partial charge on any atom is 0.264 e. The summed E-state index contributed by atoms with van der Waals surface area (Å²) in [5.41, 5.74) is 6.35. The summed E-state index contributed by atoms with van der Waals surface area (Å²) < 4.78 is 20.2. The quantitative estimate of drug-likeness (QED) is 0.796. The molecule has 7 heteroatoms. The molecule has 1 aromatic heterocycles. The molecule has 0 spiro atoms. The molecule has 0 aliphatic carbocycles. The Balaban J connectivity index is 0.00000225. The minimum atomic E-state index is -0.266. The van der Waals surface area contributed by atoms with Crippen LogP contribution < -0.4 is 5.73 Å². The van der Waals surface area contributed by atoms with Gasteiger partial charge in [0.05, 0.1) is 11.0 Å². The number of nitrogens with two attached hydrogens (primary N) is 1. The Labute approximate surface area is 157 Å². The number of amides is 1. The highest BCUT2D eigenvalue weighted by atomic mass is 35.5. The Kier molecular flexibility index (Phi) is 7.19. The van der Waals surface area contributed by atoms with Gasteiger partial charge in [0.25, 0.3) is 5.91 Å². The number of carbonyl (C=O) groups is 1. The normalized spacial score (nSPS) is 15.4. The molecular formula is C18H24ClFN2O2S. The van der Waals surface area contributed by atoms with Gasteiger partial charge in [-0.15, -0.1) is 23.7 Å². The van der Waals surface area contributed by atoms with E-state index in [1.165, 1.54) is 23.5 Å². The highest BCUT2D eigenvalue weighted by Gasteiger charge is 2.26. The van der Waals surface area contributed by atoms with Gasteiger partial charge in [0.1, 0.15) is 5.82 Å². The monoisotopic (exact) mass is 386 g/mol. The predicted molar refractivity (Wildman–Crippen MR) is 102 cm³/mol. The summed E-state index contributed by atoms with van der Waals surface area (Å²) in [6.45, 7) is 4.63. The molecule has 2 aromatic rings. The highest BCUT2D eigenvalue weighted by molar-refractivity contribution is 7.21. The van der Waals surface area contributed by atoms with Crippen LogP contribution >= 0.6 is 23.7 Å². The molecule has 1 aromatic carbocycles. The predicted octanol–water partition coefficient (Wildman–Crippen LogP) is 3.74. The lowest BCUT2D eigenvalue weighted by atomic mass is 10.1. The van der Waals surface area contributed by atoms with E-state index in [-0.39, 0.29) is 30.2 Å². The number of aryl methyl sites for hydroxylation is 1. The molecule has 0 atom stereocenters. The molecule has 1 aliphatic heterocycles. The fourth-order valence-electron chi connectivity index (χ4n) is 3.10. The zero-order valence-electron chi connectivity index (χ0n) is 14.3. The molecule has 1 fully saturated rings. The van der Waals surface area contributed by atoms with Gasteiger partial charge >= 0.3 is 0 Å². The average molecular weight is 387 g/mol. The van der Waals surface area contributed by atoms with Crippen molar-refractivity contribution in [2.24, 2.45) is 5.73 Å². The molecule has 0 saturated carbocycles. The molecule has 2 heterocycles. The number of fused-ring (bicyclic) bond motifs is 1. The molecule has 138 valence electrons. The van der Waals surface area contributed by atoms with Crippen molar-refractivity contribution in [1.29, 1.82) is 0 Å². The number of piperidine rings is 1. The minimum Gasteiger partial charge on any atom is -0.378 e. The van der Waals surface area contributed by atoms with Crippen molar-refractivity contribution in [2.45, 2.75) is 32.3 Å². The highest BCUT2D eigenvalue weighted by Crippen LogP contribution is 2.32. The number of thiophene rings is 1. The van der Waals surface area contributed by atoms with Crippen molar-refractivity contribution in [3.8, 4) is 0 Å². The molecule has 3 rings (SSSR count). The molecular weight excluding hydrogens is 363 g/mol. The van der Waals surface area contributed by atoms with Crippen LogP contribution in [0.2, 0.25) is 0 Å². The number of hydrogen-bond acceptors (Lipinski definition) is 4. The third-order valence-electron chi connectivity index (χ3n) is 4.52. The summed E-state index contributed by atoms with van der Waals surface area (Å²) >= 11 is 1.45. The summed E-state index contributed by atoms with van der Waals surface area (Å²) in [6.07, 6.45) is 2.80. The molecule has 25 heavy (non-hydrogen) atoms. The van der Waals surface area contributed by atoms with Crippen molar-refractivity contribution < 1.29 is 13.9 Å². The lowest BCUT2D eigenvalue weighted by Gasteiger charge is -2.31. The Morgan fingerprint density at radius 2 is 2.12 bits per heavy atom. The van der Waals surface area contributed by atoms with Crippen LogP contribution in [0.3, 0.4) is 0 Å². The number of rotatable bonds is 5. The fourth-order valence-corrected chi connectivity index (χ4v) is 4.26. The number of hydrogen-bond donors (Lipinski definition) is 1. The van der Waals surface area contributed by atoms with Crippen molar-refractivity contribution in [3.05, 3.63) is 34.5 Å². The minimum absolute atomic E-state index is 0. The Morgan fingerprint density at radius 1 is 1.40 bits per heavy atom. The fraction of sp³-hybridized carbons (Fsp3) is 0.500. The summed E-state index contributed by atoms with van der Waals surface area (Å²) in [4.78, 5) is 15.4. The van der Waals surface area contributed by atoms with Crippen LogP contribution in [0, 0.1) is 12.7 Å². The number of halogens is 2. The first-order valence-corrected chi connectivity index (χ1v) is 9.21. The third-order valence-corrected chi connectivity index (χ3v) is 5.78. The van der Waals surface area contributed by atoms with E-state index < -0.39 is 0 Å². The zero-order chi connectivity index (χ0) is 17.1. The molecule has 0 bridgehead atoms. The first kappa shape index (κ1) is 20.1. The van der Waals surface area contributed by atoms with Gasteiger partial charge in [-0.1, -0.05) is 0 Å². The molecule has 1 aliphatic rings. The number of ether oxygens (including phenoxy) is 1. The van der Waals surface area contributed by atoms with Gasteiger partial charge in [-0.05, 0) is 61.9 Å². The molecule has 2 N–H and O–H groups in total. The van der Waals surface area contributed by atoms with Gasteiger partial charge in [0.2, 0.25) is 0 Å². The SMILES string of the molecule is Cc1c(C(=O)N2CCC(OCCCN)CC2)sc2ccc(F)cc12.Cl. The topological polar surface area (TPSA) is 55.6 Å². The van der Waals surface area contributed by atoms with E-state index in [9.17, 15) is 9.18 Å². The van der Waals surface area contributed by atoms with Crippen LogP contribution in [0.25, 0.3) is 10.1 Å². The van der Waals surface area contributed by atoms with E-state index in [2.05, 4.69) is 0 Å². The van der Waals surface area contributed by atoms with Crippen LogP contribution in [0.5, 0.6) is 0 Å².